The molecule has 1 aromatic heterocycles. The van der Waals surface area contributed by atoms with E-state index < -0.39 is 0 Å². The van der Waals surface area contributed by atoms with E-state index in [4.69, 9.17) is 14.7 Å². The van der Waals surface area contributed by atoms with Gasteiger partial charge >= 0.3 is 0 Å². The van der Waals surface area contributed by atoms with Crippen molar-refractivity contribution in [2.24, 2.45) is 0 Å². The lowest BCUT2D eigenvalue weighted by atomic mass is 9.98. The van der Waals surface area contributed by atoms with Crippen LogP contribution in [-0.4, -0.2) is 46.7 Å². The summed E-state index contributed by atoms with van der Waals surface area (Å²) in [7, 11) is 2.14. The Balaban J connectivity index is 1.60. The second-order valence-corrected chi connectivity index (χ2v) is 8.51. The molecule has 0 aliphatic carbocycles. The largest absolute Gasteiger partial charge is 0.494 e. The lowest BCUT2D eigenvalue weighted by molar-refractivity contribution is 0.133. The average Bonchev–Trinajstić information content (AvgIpc) is 2.76. The number of likely N-dealkylation sites (tertiary alicyclic amines) is 1. The zero-order chi connectivity index (χ0) is 21.1. The maximum absolute atomic E-state index is 9.76. The average molecular weight is 411 g/mol. The number of rotatable bonds is 6. The Morgan fingerprint density at radius 1 is 1.17 bits per heavy atom. The van der Waals surface area contributed by atoms with E-state index in [9.17, 15) is 5.11 Å². The molecular weight excluding hydrogens is 376 g/mol. The molecule has 1 atom stereocenters. The number of aliphatic hydroxyl groups excluding tert-OH is 1. The van der Waals surface area contributed by atoms with Gasteiger partial charge in [0.2, 0.25) is 0 Å². The van der Waals surface area contributed by atoms with E-state index in [0.717, 1.165) is 61.1 Å². The first kappa shape index (κ1) is 21.1. The molecule has 0 unspecified atom stereocenters. The van der Waals surface area contributed by atoms with E-state index in [2.05, 4.69) is 35.9 Å². The third-order valence-corrected chi connectivity index (χ3v) is 6.38. The van der Waals surface area contributed by atoms with Crippen LogP contribution >= 0.6 is 0 Å². The zero-order valence-corrected chi connectivity index (χ0v) is 18.5. The van der Waals surface area contributed by atoms with E-state index in [1.165, 1.54) is 30.4 Å². The van der Waals surface area contributed by atoms with E-state index >= 15 is 0 Å². The normalized spacial score (nSPS) is 19.6. The van der Waals surface area contributed by atoms with Crippen molar-refractivity contribution in [2.75, 3.05) is 31.6 Å². The summed E-state index contributed by atoms with van der Waals surface area (Å²) in [5, 5.41) is 9.76. The van der Waals surface area contributed by atoms with Crippen LogP contribution < -0.4 is 9.64 Å². The van der Waals surface area contributed by atoms with E-state index in [0.29, 0.717) is 6.61 Å². The second kappa shape index (κ2) is 9.31. The molecule has 0 radical (unpaired) electrons. The number of aromatic nitrogens is 2. The molecule has 6 heteroatoms. The molecule has 2 aromatic rings. The van der Waals surface area contributed by atoms with Gasteiger partial charge < -0.3 is 14.7 Å². The highest BCUT2D eigenvalue weighted by Gasteiger charge is 2.29. The Kier molecular flexibility index (Phi) is 6.54. The Morgan fingerprint density at radius 2 is 2.03 bits per heavy atom. The molecule has 0 amide bonds. The van der Waals surface area contributed by atoms with Gasteiger partial charge in [-0.15, -0.1) is 0 Å². The number of hydrogen-bond acceptors (Lipinski definition) is 6. The predicted molar refractivity (Wildman–Crippen MR) is 119 cm³/mol. The Bertz CT molecular complexity index is 886. The van der Waals surface area contributed by atoms with Crippen molar-refractivity contribution < 1.29 is 9.84 Å². The number of aliphatic hydroxyl groups is 1. The van der Waals surface area contributed by atoms with Crippen LogP contribution in [-0.2, 0) is 19.6 Å². The molecule has 6 nitrogen and oxygen atoms in total. The fourth-order valence-electron chi connectivity index (χ4n) is 4.82. The lowest BCUT2D eigenvalue weighted by Gasteiger charge is -2.36. The smallest absolute Gasteiger partial charge is 0.148 e. The van der Waals surface area contributed by atoms with Crippen molar-refractivity contribution in [3.63, 3.8) is 0 Å². The monoisotopic (exact) mass is 410 g/mol. The first-order valence-corrected chi connectivity index (χ1v) is 11.3. The number of nitrogens with zero attached hydrogens (tertiary/aromatic N) is 4. The summed E-state index contributed by atoms with van der Waals surface area (Å²) in [5.74, 6) is 2.86. The Morgan fingerprint density at radius 3 is 2.83 bits per heavy atom. The molecule has 1 saturated heterocycles. The molecule has 0 bridgehead atoms. The highest BCUT2D eigenvalue weighted by atomic mass is 16.5. The molecule has 1 N–H and O–H groups in total. The highest BCUT2D eigenvalue weighted by molar-refractivity contribution is 5.50. The third kappa shape index (κ3) is 4.30. The molecule has 0 spiro atoms. The van der Waals surface area contributed by atoms with Crippen LogP contribution in [0.25, 0.3) is 0 Å². The summed E-state index contributed by atoms with van der Waals surface area (Å²) >= 11 is 0. The molecule has 2 aliphatic rings. The molecule has 3 heterocycles. The summed E-state index contributed by atoms with van der Waals surface area (Å²) in [6.07, 6.45) is 5.75. The van der Waals surface area contributed by atoms with Gasteiger partial charge in [-0.2, -0.15) is 0 Å². The quantitative estimate of drug-likeness (QED) is 0.782. The molecular formula is C24H34N4O2. The van der Waals surface area contributed by atoms with Gasteiger partial charge in [-0.05, 0) is 63.8 Å². The van der Waals surface area contributed by atoms with Crippen molar-refractivity contribution in [1.82, 2.24) is 14.9 Å². The van der Waals surface area contributed by atoms with Crippen LogP contribution in [0.4, 0.5) is 5.82 Å². The van der Waals surface area contributed by atoms with Gasteiger partial charge in [0.1, 0.15) is 17.4 Å². The van der Waals surface area contributed by atoms with Crippen molar-refractivity contribution in [3.05, 3.63) is 46.4 Å². The summed E-state index contributed by atoms with van der Waals surface area (Å²) < 4.78 is 5.64. The molecule has 162 valence electrons. The maximum Gasteiger partial charge on any atom is 0.148 e. The summed E-state index contributed by atoms with van der Waals surface area (Å²) in [6.45, 7) is 7.63. The van der Waals surface area contributed by atoms with Crippen LogP contribution in [0, 0.1) is 6.92 Å². The van der Waals surface area contributed by atoms with E-state index in [1.54, 1.807) is 0 Å². The van der Waals surface area contributed by atoms with Crippen LogP contribution in [0.5, 0.6) is 5.75 Å². The van der Waals surface area contributed by atoms with Gasteiger partial charge in [0, 0.05) is 37.0 Å². The van der Waals surface area contributed by atoms with Crippen LogP contribution in [0.15, 0.2) is 18.2 Å². The third-order valence-electron chi connectivity index (χ3n) is 6.38. The summed E-state index contributed by atoms with van der Waals surface area (Å²) in [6, 6.07) is 6.41. The number of aryl methyl sites for hydroxylation is 1. The van der Waals surface area contributed by atoms with E-state index in [1.807, 2.05) is 13.0 Å². The van der Waals surface area contributed by atoms with Crippen LogP contribution in [0.1, 0.15) is 66.9 Å². The number of piperidine rings is 1. The molecule has 1 fully saturated rings. The molecule has 1 aromatic carbocycles. The minimum atomic E-state index is -0.00787. The number of benzene rings is 1. The SMILES string of the molecule is CCOc1ccc(CN2CCCC[C@H]2c2nc(C)c3c(n2)N(C)CCC3)cc1CO. The first-order valence-electron chi connectivity index (χ1n) is 11.3. The van der Waals surface area contributed by atoms with Gasteiger partial charge in [0.25, 0.3) is 0 Å². The molecule has 30 heavy (non-hydrogen) atoms. The summed E-state index contributed by atoms with van der Waals surface area (Å²) in [5.41, 5.74) is 4.50. The molecule has 2 aliphatic heterocycles. The van der Waals surface area contributed by atoms with E-state index in [-0.39, 0.29) is 12.6 Å². The standard InChI is InChI=1S/C24H34N4O2/c1-4-30-22-11-10-18(14-19(22)16-29)15-28-13-6-5-9-21(28)23-25-17(2)20-8-7-12-27(3)24(20)26-23/h10-11,14,21,29H,4-9,12-13,15-16H2,1-3H3/t21-/m0/s1. The minimum absolute atomic E-state index is 0.00787. The number of fused-ring (bicyclic) bond motifs is 1. The van der Waals surface area contributed by atoms with Gasteiger partial charge in [-0.1, -0.05) is 12.5 Å². The zero-order valence-electron chi connectivity index (χ0n) is 18.5. The topological polar surface area (TPSA) is 61.7 Å². The number of ether oxygens (including phenoxy) is 1. The van der Waals surface area contributed by atoms with Gasteiger partial charge in [-0.25, -0.2) is 9.97 Å². The lowest BCUT2D eigenvalue weighted by Crippen LogP contribution is -2.35. The van der Waals surface area contributed by atoms with Crippen molar-refractivity contribution >= 4 is 5.82 Å². The number of anilines is 1. The maximum atomic E-state index is 9.76. The fourth-order valence-corrected chi connectivity index (χ4v) is 4.82. The highest BCUT2D eigenvalue weighted by Crippen LogP contribution is 2.34. The summed E-state index contributed by atoms with van der Waals surface area (Å²) in [4.78, 5) is 14.8. The van der Waals surface area contributed by atoms with Gasteiger partial charge in [-0.3, -0.25) is 4.90 Å². The van der Waals surface area contributed by atoms with Gasteiger partial charge in [0.15, 0.2) is 0 Å². The van der Waals surface area contributed by atoms with Crippen molar-refractivity contribution in [3.8, 4) is 5.75 Å². The van der Waals surface area contributed by atoms with Crippen LogP contribution in [0.3, 0.4) is 0 Å². The van der Waals surface area contributed by atoms with Crippen molar-refractivity contribution in [1.29, 1.82) is 0 Å². The Labute approximate surface area is 179 Å². The van der Waals surface area contributed by atoms with Gasteiger partial charge in [0.05, 0.1) is 19.3 Å². The second-order valence-electron chi connectivity index (χ2n) is 8.51. The first-order chi connectivity index (χ1) is 14.6. The van der Waals surface area contributed by atoms with Crippen molar-refractivity contribution in [2.45, 2.75) is 65.1 Å². The Hall–Kier alpha value is -2.18. The molecule has 0 saturated carbocycles. The molecule has 4 rings (SSSR count). The van der Waals surface area contributed by atoms with Crippen LogP contribution in [0.2, 0.25) is 0 Å². The fraction of sp³-hybridized carbons (Fsp3) is 0.583. The number of hydrogen-bond donors (Lipinski definition) is 1. The minimum Gasteiger partial charge on any atom is -0.494 e. The predicted octanol–water partition coefficient (Wildman–Crippen LogP) is 3.79.